The fraction of sp³-hybridized carbons (Fsp3) is 0.409. The zero-order chi connectivity index (χ0) is 20.2. The number of aliphatic hydroxyl groups excluding tert-OH is 1. The molecule has 2 unspecified atom stereocenters. The maximum absolute atomic E-state index is 11.5. The number of aromatic amines is 2. The van der Waals surface area contributed by atoms with Crippen molar-refractivity contribution >= 4 is 23.4 Å². The Labute approximate surface area is 181 Å². The van der Waals surface area contributed by atoms with Gasteiger partial charge >= 0.3 is 5.69 Å². The second-order valence-electron chi connectivity index (χ2n) is 7.56. The molecule has 0 saturated heterocycles. The first-order valence-corrected chi connectivity index (χ1v) is 10.0. The minimum Gasteiger partial charge on any atom is -0.497 e. The number of aliphatic hydroxyl groups is 1. The Bertz CT molecular complexity index is 1030. The van der Waals surface area contributed by atoms with E-state index in [0.717, 1.165) is 31.4 Å². The number of methoxy groups -OCH3 is 1. The Morgan fingerprint density at radius 1 is 1.23 bits per heavy atom. The van der Waals surface area contributed by atoms with E-state index in [1.54, 1.807) is 19.2 Å². The number of aryl methyl sites for hydroxylation is 1. The van der Waals surface area contributed by atoms with Gasteiger partial charge in [-0.2, -0.15) is 0 Å². The summed E-state index contributed by atoms with van der Waals surface area (Å²) in [6, 6.07) is 12.0. The van der Waals surface area contributed by atoms with Crippen LogP contribution in [-0.2, 0) is 12.8 Å². The molecule has 162 valence electrons. The number of benzene rings is 2. The third-order valence-electron chi connectivity index (χ3n) is 5.46. The number of H-pyrrole nitrogens is 2. The van der Waals surface area contributed by atoms with Crippen molar-refractivity contribution in [1.82, 2.24) is 15.3 Å². The predicted molar refractivity (Wildman–Crippen MR) is 119 cm³/mol. The van der Waals surface area contributed by atoms with Crippen LogP contribution in [-0.4, -0.2) is 47.5 Å². The molecule has 0 amide bonds. The largest absolute Gasteiger partial charge is 0.497 e. The summed E-state index contributed by atoms with van der Waals surface area (Å²) in [4.78, 5) is 16.9. The van der Waals surface area contributed by atoms with Crippen LogP contribution < -0.4 is 20.5 Å². The van der Waals surface area contributed by atoms with Crippen molar-refractivity contribution in [2.24, 2.45) is 0 Å². The van der Waals surface area contributed by atoms with E-state index in [1.165, 1.54) is 11.1 Å². The van der Waals surface area contributed by atoms with Gasteiger partial charge < -0.3 is 29.9 Å². The van der Waals surface area contributed by atoms with Gasteiger partial charge in [0.15, 0.2) is 0 Å². The molecule has 4 rings (SSSR count). The number of aromatic nitrogens is 2. The van der Waals surface area contributed by atoms with Gasteiger partial charge in [0.05, 0.1) is 12.6 Å². The molecule has 7 nitrogen and oxygen atoms in total. The smallest absolute Gasteiger partial charge is 0.323 e. The molecule has 1 aliphatic rings. The molecule has 4 N–H and O–H groups in total. The highest BCUT2D eigenvalue weighted by Crippen LogP contribution is 2.25. The molecule has 0 spiro atoms. The molecule has 2 aromatic carbocycles. The first-order chi connectivity index (χ1) is 14.1. The zero-order valence-corrected chi connectivity index (χ0v) is 17.8. The monoisotopic (exact) mass is 433 g/mol. The van der Waals surface area contributed by atoms with E-state index in [2.05, 4.69) is 27.4 Å². The Morgan fingerprint density at radius 2 is 2.10 bits per heavy atom. The molecule has 0 saturated carbocycles. The van der Waals surface area contributed by atoms with Gasteiger partial charge in [0.25, 0.3) is 0 Å². The molecule has 0 bridgehead atoms. The van der Waals surface area contributed by atoms with Crippen molar-refractivity contribution in [3.63, 3.8) is 0 Å². The van der Waals surface area contributed by atoms with Gasteiger partial charge in [0, 0.05) is 12.6 Å². The maximum atomic E-state index is 11.5. The highest BCUT2D eigenvalue weighted by atomic mass is 35.5. The van der Waals surface area contributed by atoms with Crippen LogP contribution >= 0.6 is 12.4 Å². The van der Waals surface area contributed by atoms with Crippen molar-refractivity contribution in [2.75, 3.05) is 20.3 Å². The van der Waals surface area contributed by atoms with E-state index in [4.69, 9.17) is 9.47 Å². The summed E-state index contributed by atoms with van der Waals surface area (Å²) in [6.07, 6.45) is 3.52. The second kappa shape index (κ2) is 10.0. The van der Waals surface area contributed by atoms with Crippen molar-refractivity contribution < 1.29 is 14.6 Å². The maximum Gasteiger partial charge on any atom is 0.323 e. The number of para-hydroxylation sites is 1. The second-order valence-corrected chi connectivity index (χ2v) is 7.56. The summed E-state index contributed by atoms with van der Waals surface area (Å²) in [5, 5.41) is 13.9. The molecule has 0 radical (unpaired) electrons. The van der Waals surface area contributed by atoms with Crippen LogP contribution in [0, 0.1) is 0 Å². The lowest BCUT2D eigenvalue weighted by molar-refractivity contribution is 0.104. The molecule has 1 heterocycles. The van der Waals surface area contributed by atoms with Crippen molar-refractivity contribution in [1.29, 1.82) is 0 Å². The lowest BCUT2D eigenvalue weighted by Crippen LogP contribution is -2.39. The molecule has 0 aliphatic heterocycles. The van der Waals surface area contributed by atoms with E-state index in [1.807, 2.05) is 12.1 Å². The van der Waals surface area contributed by atoms with Gasteiger partial charge in [-0.25, -0.2) is 4.79 Å². The lowest BCUT2D eigenvalue weighted by Gasteiger charge is -2.20. The Morgan fingerprint density at radius 3 is 2.93 bits per heavy atom. The highest BCUT2D eigenvalue weighted by Gasteiger charge is 2.18. The summed E-state index contributed by atoms with van der Waals surface area (Å²) in [5.41, 5.74) is 3.73. The molecule has 0 fully saturated rings. The molecule has 8 heteroatoms. The van der Waals surface area contributed by atoms with Crippen molar-refractivity contribution in [3.05, 3.63) is 58.0 Å². The molecule has 1 aromatic heterocycles. The van der Waals surface area contributed by atoms with Crippen molar-refractivity contribution in [3.8, 4) is 11.5 Å². The average molecular weight is 434 g/mol. The number of nitrogens with one attached hydrogen (secondary N) is 3. The Hall–Kier alpha value is -2.48. The topological polar surface area (TPSA) is 99.4 Å². The Balaban J connectivity index is 0.00000256. The number of hydrogen-bond donors (Lipinski definition) is 4. The molecule has 30 heavy (non-hydrogen) atoms. The summed E-state index contributed by atoms with van der Waals surface area (Å²) >= 11 is 0. The average Bonchev–Trinajstić information content (AvgIpc) is 2.99. The van der Waals surface area contributed by atoms with Crippen LogP contribution in [0.2, 0.25) is 0 Å². The fourth-order valence-corrected chi connectivity index (χ4v) is 3.94. The minimum absolute atomic E-state index is 0. The molecule has 1 aliphatic carbocycles. The first-order valence-electron chi connectivity index (χ1n) is 10.0. The van der Waals surface area contributed by atoms with Gasteiger partial charge in [-0.3, -0.25) is 0 Å². The number of ether oxygens (including phenoxy) is 2. The predicted octanol–water partition coefficient (Wildman–Crippen LogP) is 2.56. The van der Waals surface area contributed by atoms with E-state index in [9.17, 15) is 9.90 Å². The standard InChI is InChI=1S/C22H27N3O4.ClH/c1-28-18-9-8-14-4-2-5-16(10-15(14)11-18)23-12-17(26)13-29-20-7-3-6-19-21(20)25-22(27)24-19;/h3,6-9,11,16-17,23,26H,2,4-5,10,12-13H2,1H3,(H2,24,25,27);1H. The highest BCUT2D eigenvalue weighted by molar-refractivity contribution is 5.85. The molecule has 3 aromatic rings. The zero-order valence-electron chi connectivity index (χ0n) is 16.9. The SMILES string of the molecule is COc1ccc2c(c1)CC(NCC(O)COc1cccc3[nH]c(=O)[nH]c13)CCC2.Cl. The number of rotatable bonds is 7. The van der Waals surface area contributed by atoms with Gasteiger partial charge in [-0.15, -0.1) is 12.4 Å². The van der Waals surface area contributed by atoms with E-state index in [-0.39, 0.29) is 24.7 Å². The summed E-state index contributed by atoms with van der Waals surface area (Å²) in [6.45, 7) is 0.597. The third-order valence-corrected chi connectivity index (χ3v) is 5.46. The first kappa shape index (κ1) is 22.2. The third kappa shape index (κ3) is 5.16. The van der Waals surface area contributed by atoms with E-state index in [0.29, 0.717) is 29.4 Å². The number of halogens is 1. The number of imidazole rings is 1. The van der Waals surface area contributed by atoms with Crippen LogP contribution in [0.3, 0.4) is 0 Å². The van der Waals surface area contributed by atoms with Crippen LogP contribution in [0.5, 0.6) is 11.5 Å². The summed E-state index contributed by atoms with van der Waals surface area (Å²) < 4.78 is 11.1. The van der Waals surface area contributed by atoms with E-state index >= 15 is 0 Å². The van der Waals surface area contributed by atoms with Crippen molar-refractivity contribution in [2.45, 2.75) is 37.8 Å². The summed E-state index contributed by atoms with van der Waals surface area (Å²) in [7, 11) is 1.69. The molecule has 2 atom stereocenters. The van der Waals surface area contributed by atoms with Crippen LogP contribution in [0.15, 0.2) is 41.2 Å². The lowest BCUT2D eigenvalue weighted by atomic mass is 10.0. The van der Waals surface area contributed by atoms with Crippen LogP contribution in [0.1, 0.15) is 24.0 Å². The normalized spacial score (nSPS) is 16.9. The van der Waals surface area contributed by atoms with Gasteiger partial charge in [0.2, 0.25) is 0 Å². The van der Waals surface area contributed by atoms with Crippen LogP contribution in [0.4, 0.5) is 0 Å². The number of hydrogen-bond acceptors (Lipinski definition) is 5. The molecular formula is C22H28ClN3O4. The van der Waals surface area contributed by atoms with Gasteiger partial charge in [0.1, 0.15) is 29.7 Å². The quantitative estimate of drug-likeness (QED) is 0.429. The van der Waals surface area contributed by atoms with Gasteiger partial charge in [-0.05, 0) is 61.1 Å². The molecular weight excluding hydrogens is 406 g/mol. The number of fused-ring (bicyclic) bond motifs is 2. The van der Waals surface area contributed by atoms with Gasteiger partial charge in [-0.1, -0.05) is 12.1 Å². The minimum atomic E-state index is -0.649. The summed E-state index contributed by atoms with van der Waals surface area (Å²) in [5.74, 6) is 1.44. The van der Waals surface area contributed by atoms with E-state index < -0.39 is 6.10 Å². The fourth-order valence-electron chi connectivity index (χ4n) is 3.94. The Kier molecular flexibility index (Phi) is 7.42. The van der Waals surface area contributed by atoms with Crippen LogP contribution in [0.25, 0.3) is 11.0 Å².